The van der Waals surface area contributed by atoms with Gasteiger partial charge >= 0.3 is 0 Å². The Morgan fingerprint density at radius 1 is 1.29 bits per heavy atom. The van der Waals surface area contributed by atoms with E-state index in [1.54, 1.807) is 36.1 Å². The lowest BCUT2D eigenvalue weighted by atomic mass is 10.2. The van der Waals surface area contributed by atoms with Crippen molar-refractivity contribution in [3.63, 3.8) is 0 Å². The van der Waals surface area contributed by atoms with Crippen molar-refractivity contribution in [1.29, 1.82) is 0 Å². The van der Waals surface area contributed by atoms with E-state index in [0.29, 0.717) is 30.1 Å². The Labute approximate surface area is 137 Å². The summed E-state index contributed by atoms with van der Waals surface area (Å²) in [5, 5.41) is 8.05. The molecule has 122 valence electrons. The van der Waals surface area contributed by atoms with Crippen molar-refractivity contribution in [2.24, 2.45) is 7.05 Å². The second-order valence-electron chi connectivity index (χ2n) is 5.65. The van der Waals surface area contributed by atoms with Crippen LogP contribution in [0.5, 0.6) is 0 Å². The van der Waals surface area contributed by atoms with E-state index >= 15 is 0 Å². The third-order valence-corrected chi connectivity index (χ3v) is 4.19. The smallest absolute Gasteiger partial charge is 0.249 e. The molecule has 3 heterocycles. The number of hydrogen-bond donors (Lipinski definition) is 1. The van der Waals surface area contributed by atoms with E-state index < -0.39 is 11.9 Å². The number of amides is 1. The molecular formula is C16H15FN6O. The van der Waals surface area contributed by atoms with Crippen molar-refractivity contribution < 1.29 is 9.18 Å². The van der Waals surface area contributed by atoms with Crippen molar-refractivity contribution in [2.45, 2.75) is 12.5 Å². The largest absolute Gasteiger partial charge is 0.358 e. The molecule has 0 spiro atoms. The third kappa shape index (κ3) is 2.27. The summed E-state index contributed by atoms with van der Waals surface area (Å²) in [4.78, 5) is 22.5. The van der Waals surface area contributed by atoms with Crippen LogP contribution in [0.25, 0.3) is 11.0 Å². The predicted octanol–water partition coefficient (Wildman–Crippen LogP) is 1.72. The lowest BCUT2D eigenvalue weighted by molar-refractivity contribution is -0.117. The highest BCUT2D eigenvalue weighted by atomic mass is 19.1. The zero-order chi connectivity index (χ0) is 16.7. The van der Waals surface area contributed by atoms with E-state index in [4.69, 9.17) is 0 Å². The Hall–Kier alpha value is -3.03. The van der Waals surface area contributed by atoms with Crippen LogP contribution in [0.4, 0.5) is 15.9 Å². The second-order valence-corrected chi connectivity index (χ2v) is 5.65. The summed E-state index contributed by atoms with van der Waals surface area (Å²) in [7, 11) is 1.79. The number of carbonyl (C=O) groups excluding carboxylic acids is 1. The Kier molecular flexibility index (Phi) is 3.37. The van der Waals surface area contributed by atoms with Crippen LogP contribution < -0.4 is 10.2 Å². The van der Waals surface area contributed by atoms with Gasteiger partial charge in [0.15, 0.2) is 5.65 Å². The van der Waals surface area contributed by atoms with E-state index in [1.807, 2.05) is 0 Å². The van der Waals surface area contributed by atoms with Crippen molar-refractivity contribution in [3.05, 3.63) is 42.6 Å². The number of aromatic nitrogens is 4. The Morgan fingerprint density at radius 2 is 2.12 bits per heavy atom. The molecule has 1 aliphatic rings. The molecule has 0 radical (unpaired) electrons. The van der Waals surface area contributed by atoms with Crippen molar-refractivity contribution >= 4 is 28.4 Å². The molecule has 0 bridgehead atoms. The predicted molar refractivity (Wildman–Crippen MR) is 87.1 cm³/mol. The molecule has 1 aliphatic heterocycles. The highest BCUT2D eigenvalue weighted by Gasteiger charge is 2.34. The van der Waals surface area contributed by atoms with Gasteiger partial charge in [0.05, 0.1) is 17.3 Å². The number of nitrogens with one attached hydrogen (secondary N) is 1. The molecule has 1 amide bonds. The van der Waals surface area contributed by atoms with Crippen LogP contribution in [-0.4, -0.2) is 38.2 Å². The summed E-state index contributed by atoms with van der Waals surface area (Å²) in [6.07, 6.45) is 3.66. The molecule has 1 atom stereocenters. The first-order valence-corrected chi connectivity index (χ1v) is 7.60. The lowest BCUT2D eigenvalue weighted by Gasteiger charge is -2.18. The molecule has 0 aliphatic carbocycles. The summed E-state index contributed by atoms with van der Waals surface area (Å²) in [5.74, 6) is -0.0132. The van der Waals surface area contributed by atoms with E-state index in [1.165, 1.54) is 17.3 Å². The standard InChI is InChI=1S/C16H15FN6O/c1-22-15-10(8-20-22)14(18-9-19-15)21-12-6-7-23(16(12)24)13-5-3-2-4-11(13)17/h2-5,8-9,12H,6-7H2,1H3,(H,18,19,21)/t12-/m1/s1. The average molecular weight is 326 g/mol. The first kappa shape index (κ1) is 14.6. The monoisotopic (exact) mass is 326 g/mol. The van der Waals surface area contributed by atoms with Crippen LogP contribution in [-0.2, 0) is 11.8 Å². The minimum Gasteiger partial charge on any atom is -0.358 e. The highest BCUT2D eigenvalue weighted by Crippen LogP contribution is 2.27. The summed E-state index contributed by atoms with van der Waals surface area (Å²) >= 11 is 0. The zero-order valence-corrected chi connectivity index (χ0v) is 13.0. The number of halogens is 1. The molecule has 3 aromatic rings. The van der Waals surface area contributed by atoms with Crippen LogP contribution in [0.15, 0.2) is 36.8 Å². The fourth-order valence-electron chi connectivity index (χ4n) is 2.97. The molecule has 4 rings (SSSR count). The van der Waals surface area contributed by atoms with Crippen LogP contribution >= 0.6 is 0 Å². The van der Waals surface area contributed by atoms with Crippen LogP contribution in [0.3, 0.4) is 0 Å². The summed E-state index contributed by atoms with van der Waals surface area (Å²) in [6.45, 7) is 0.457. The van der Waals surface area contributed by atoms with Gasteiger partial charge in [0.2, 0.25) is 5.91 Å². The number of fused-ring (bicyclic) bond motifs is 1. The second kappa shape index (κ2) is 5.55. The normalized spacial score (nSPS) is 17.7. The van der Waals surface area contributed by atoms with Crippen LogP contribution in [0, 0.1) is 5.82 Å². The molecule has 1 fully saturated rings. The van der Waals surface area contributed by atoms with Gasteiger partial charge in [-0.05, 0) is 18.6 Å². The SMILES string of the molecule is Cn1ncc2c(N[C@@H]3CCN(c4ccccc4F)C3=O)ncnc21. The van der Waals surface area contributed by atoms with Crippen molar-refractivity contribution in [1.82, 2.24) is 19.7 Å². The van der Waals surface area contributed by atoms with Gasteiger partial charge in [0.1, 0.15) is 24.0 Å². The van der Waals surface area contributed by atoms with Crippen LogP contribution in [0.2, 0.25) is 0 Å². The molecule has 0 unspecified atom stereocenters. The minimum absolute atomic E-state index is 0.171. The van der Waals surface area contributed by atoms with E-state index in [0.717, 1.165) is 5.39 Å². The summed E-state index contributed by atoms with van der Waals surface area (Å²) in [6, 6.07) is 5.83. The topological polar surface area (TPSA) is 75.9 Å². The van der Waals surface area contributed by atoms with E-state index in [-0.39, 0.29) is 5.91 Å². The third-order valence-electron chi connectivity index (χ3n) is 4.19. The number of nitrogens with zero attached hydrogens (tertiary/aromatic N) is 5. The molecule has 8 heteroatoms. The van der Waals surface area contributed by atoms with Crippen molar-refractivity contribution in [2.75, 3.05) is 16.8 Å². The molecule has 2 aromatic heterocycles. The number of hydrogen-bond acceptors (Lipinski definition) is 5. The molecule has 0 saturated carbocycles. The summed E-state index contributed by atoms with van der Waals surface area (Å²) < 4.78 is 15.6. The van der Waals surface area contributed by atoms with Gasteiger partial charge in [0, 0.05) is 13.6 Å². The van der Waals surface area contributed by atoms with E-state index in [9.17, 15) is 9.18 Å². The number of rotatable bonds is 3. The summed E-state index contributed by atoms with van der Waals surface area (Å²) in [5.41, 5.74) is 0.991. The number of carbonyl (C=O) groups is 1. The average Bonchev–Trinajstić information content (AvgIpc) is 3.13. The molecular weight excluding hydrogens is 311 g/mol. The van der Waals surface area contributed by atoms with Gasteiger partial charge < -0.3 is 10.2 Å². The first-order valence-electron chi connectivity index (χ1n) is 7.60. The zero-order valence-electron chi connectivity index (χ0n) is 13.0. The van der Waals surface area contributed by atoms with Gasteiger partial charge in [-0.1, -0.05) is 12.1 Å². The van der Waals surface area contributed by atoms with Crippen molar-refractivity contribution in [3.8, 4) is 0 Å². The Morgan fingerprint density at radius 3 is 2.96 bits per heavy atom. The number of aryl methyl sites for hydroxylation is 1. The number of anilines is 2. The van der Waals surface area contributed by atoms with E-state index in [2.05, 4.69) is 20.4 Å². The van der Waals surface area contributed by atoms with Gasteiger partial charge in [0.25, 0.3) is 0 Å². The number of para-hydroxylation sites is 1. The van der Waals surface area contributed by atoms with Gasteiger partial charge in [-0.15, -0.1) is 0 Å². The minimum atomic E-state index is -0.456. The lowest BCUT2D eigenvalue weighted by Crippen LogP contribution is -2.34. The maximum Gasteiger partial charge on any atom is 0.249 e. The quantitative estimate of drug-likeness (QED) is 0.793. The highest BCUT2D eigenvalue weighted by molar-refractivity contribution is 6.02. The fraction of sp³-hybridized carbons (Fsp3) is 0.250. The van der Waals surface area contributed by atoms with Crippen LogP contribution in [0.1, 0.15) is 6.42 Å². The Bertz CT molecular complexity index is 924. The fourth-order valence-corrected chi connectivity index (χ4v) is 2.97. The molecule has 1 aromatic carbocycles. The Balaban J connectivity index is 1.60. The number of benzene rings is 1. The van der Waals surface area contributed by atoms with Gasteiger partial charge in [-0.2, -0.15) is 5.10 Å². The first-order chi connectivity index (χ1) is 11.6. The maximum atomic E-state index is 13.9. The van der Waals surface area contributed by atoms with Gasteiger partial charge in [-0.25, -0.2) is 14.4 Å². The molecule has 24 heavy (non-hydrogen) atoms. The molecule has 7 nitrogen and oxygen atoms in total. The molecule has 1 saturated heterocycles. The van der Waals surface area contributed by atoms with Gasteiger partial charge in [-0.3, -0.25) is 9.48 Å². The molecule has 1 N–H and O–H groups in total. The maximum absolute atomic E-state index is 13.9.